The molecule has 29 heavy (non-hydrogen) atoms. The summed E-state index contributed by atoms with van der Waals surface area (Å²) in [5, 5.41) is 15.2. The number of aromatic carboxylic acids is 1. The smallest absolute Gasteiger partial charge is 0.337 e. The zero-order valence-corrected chi connectivity index (χ0v) is 16.3. The highest BCUT2D eigenvalue weighted by atomic mass is 16.5. The second-order valence-corrected chi connectivity index (χ2v) is 7.02. The molecule has 0 radical (unpaired) electrons. The molecule has 0 spiro atoms. The van der Waals surface area contributed by atoms with Gasteiger partial charge in [0.15, 0.2) is 11.5 Å². The molecule has 0 aromatic heterocycles. The Labute approximate surface area is 168 Å². The summed E-state index contributed by atoms with van der Waals surface area (Å²) >= 11 is 0. The molecule has 6 nitrogen and oxygen atoms in total. The molecular formula is C23H20N2O4. The first-order valence-electron chi connectivity index (χ1n) is 9.17. The summed E-state index contributed by atoms with van der Waals surface area (Å²) in [6.07, 6.45) is 0. The van der Waals surface area contributed by atoms with Crippen molar-refractivity contribution >= 4 is 23.3 Å². The van der Waals surface area contributed by atoms with Gasteiger partial charge in [0, 0.05) is 12.6 Å². The van der Waals surface area contributed by atoms with Crippen molar-refractivity contribution < 1.29 is 19.4 Å². The van der Waals surface area contributed by atoms with Crippen LogP contribution in [0.2, 0.25) is 0 Å². The van der Waals surface area contributed by atoms with Crippen molar-refractivity contribution in [3.63, 3.8) is 0 Å². The Balaban J connectivity index is 1.78. The van der Waals surface area contributed by atoms with E-state index in [1.165, 1.54) is 24.2 Å². The Bertz CT molecular complexity index is 1170. The lowest BCUT2D eigenvalue weighted by Gasteiger charge is -2.24. The Hall–Kier alpha value is -3.80. The summed E-state index contributed by atoms with van der Waals surface area (Å²) in [6, 6.07) is 14.9. The third-order valence-corrected chi connectivity index (χ3v) is 5.12. The molecular weight excluding hydrogens is 368 g/mol. The SMILES string of the molecule is CNC(=O)c1cc2c(c(C(=O)O)c1)Nc1ccc(-c3ccc(C)c(C)c3)cc1O2. The monoisotopic (exact) mass is 388 g/mol. The lowest BCUT2D eigenvalue weighted by molar-refractivity contribution is 0.0697. The highest BCUT2D eigenvalue weighted by Crippen LogP contribution is 2.45. The number of hydrogen-bond acceptors (Lipinski definition) is 4. The first-order valence-corrected chi connectivity index (χ1v) is 9.17. The average Bonchev–Trinajstić information content (AvgIpc) is 2.72. The second kappa shape index (κ2) is 6.98. The molecule has 3 aromatic carbocycles. The fourth-order valence-corrected chi connectivity index (χ4v) is 3.33. The number of fused-ring (bicyclic) bond motifs is 2. The minimum atomic E-state index is -1.14. The third-order valence-electron chi connectivity index (χ3n) is 5.12. The first-order chi connectivity index (χ1) is 13.9. The van der Waals surface area contributed by atoms with E-state index in [0.29, 0.717) is 22.9 Å². The van der Waals surface area contributed by atoms with Crippen molar-refractivity contribution in [2.24, 2.45) is 0 Å². The largest absolute Gasteiger partial charge is 0.478 e. The lowest BCUT2D eigenvalue weighted by atomic mass is 9.99. The molecule has 0 aliphatic carbocycles. The molecule has 1 amide bonds. The van der Waals surface area contributed by atoms with E-state index < -0.39 is 5.97 Å². The van der Waals surface area contributed by atoms with Gasteiger partial charge in [-0.2, -0.15) is 0 Å². The number of anilines is 2. The van der Waals surface area contributed by atoms with Crippen LogP contribution in [0.25, 0.3) is 11.1 Å². The minimum Gasteiger partial charge on any atom is -0.478 e. The predicted octanol–water partition coefficient (Wildman–Crippen LogP) is 4.88. The van der Waals surface area contributed by atoms with E-state index in [2.05, 4.69) is 42.7 Å². The topological polar surface area (TPSA) is 87.7 Å². The van der Waals surface area contributed by atoms with E-state index in [9.17, 15) is 14.7 Å². The van der Waals surface area contributed by atoms with E-state index in [0.717, 1.165) is 11.1 Å². The molecule has 6 heteroatoms. The van der Waals surface area contributed by atoms with Crippen LogP contribution in [-0.4, -0.2) is 24.0 Å². The van der Waals surface area contributed by atoms with Gasteiger partial charge in [0.2, 0.25) is 0 Å². The maximum Gasteiger partial charge on any atom is 0.337 e. The maximum absolute atomic E-state index is 12.0. The number of nitrogens with one attached hydrogen (secondary N) is 2. The zero-order chi connectivity index (χ0) is 20.7. The van der Waals surface area contributed by atoms with Crippen molar-refractivity contribution in [3.8, 4) is 22.6 Å². The Morgan fingerprint density at radius 3 is 2.34 bits per heavy atom. The van der Waals surface area contributed by atoms with Gasteiger partial charge in [-0.1, -0.05) is 24.3 Å². The molecule has 1 heterocycles. The molecule has 0 atom stereocenters. The molecule has 0 saturated heterocycles. The number of carboxylic acid groups (broad SMARTS) is 1. The normalized spacial score (nSPS) is 11.6. The molecule has 4 rings (SSSR count). The van der Waals surface area contributed by atoms with Crippen LogP contribution in [0.5, 0.6) is 11.5 Å². The number of benzene rings is 3. The van der Waals surface area contributed by atoms with Crippen LogP contribution in [0.15, 0.2) is 48.5 Å². The molecule has 146 valence electrons. The Morgan fingerprint density at radius 2 is 1.66 bits per heavy atom. The van der Waals surface area contributed by atoms with Crippen LogP contribution >= 0.6 is 0 Å². The third kappa shape index (κ3) is 3.29. The van der Waals surface area contributed by atoms with Crippen LogP contribution in [0, 0.1) is 13.8 Å². The van der Waals surface area contributed by atoms with Gasteiger partial charge in [-0.05, 0) is 60.4 Å². The Kier molecular flexibility index (Phi) is 4.47. The van der Waals surface area contributed by atoms with Gasteiger partial charge < -0.3 is 20.5 Å². The van der Waals surface area contributed by atoms with Crippen molar-refractivity contribution in [3.05, 3.63) is 70.8 Å². The van der Waals surface area contributed by atoms with Crippen LogP contribution in [0.4, 0.5) is 11.4 Å². The molecule has 0 bridgehead atoms. The van der Waals surface area contributed by atoms with Crippen molar-refractivity contribution in [1.29, 1.82) is 0 Å². The number of carbonyl (C=O) groups excluding carboxylic acids is 1. The number of carboxylic acids is 1. The van der Waals surface area contributed by atoms with E-state index in [1.807, 2.05) is 18.2 Å². The molecule has 3 N–H and O–H groups in total. The summed E-state index contributed by atoms with van der Waals surface area (Å²) in [5.41, 5.74) is 5.67. The number of ether oxygens (including phenoxy) is 1. The Morgan fingerprint density at radius 1 is 0.931 bits per heavy atom. The van der Waals surface area contributed by atoms with Gasteiger partial charge in [0.05, 0.1) is 16.9 Å². The van der Waals surface area contributed by atoms with E-state index in [1.54, 1.807) is 6.07 Å². The van der Waals surface area contributed by atoms with Gasteiger partial charge in [0.1, 0.15) is 0 Å². The van der Waals surface area contributed by atoms with Gasteiger partial charge in [0.25, 0.3) is 5.91 Å². The molecule has 0 unspecified atom stereocenters. The highest BCUT2D eigenvalue weighted by Gasteiger charge is 2.25. The van der Waals surface area contributed by atoms with Gasteiger partial charge >= 0.3 is 5.97 Å². The standard InChI is InChI=1S/C23H20N2O4/c1-12-4-5-14(8-13(12)2)15-6-7-18-19(10-15)29-20-11-16(22(26)24-3)9-17(23(27)28)21(20)25-18/h4-11,25H,1-3H3,(H,24,26)(H,27,28). The quantitative estimate of drug-likeness (QED) is 0.466. The van der Waals surface area contributed by atoms with Gasteiger partial charge in [-0.25, -0.2) is 4.79 Å². The summed E-state index contributed by atoms with van der Waals surface area (Å²) in [6.45, 7) is 4.14. The summed E-state index contributed by atoms with van der Waals surface area (Å²) in [5.74, 6) is -0.654. The molecule has 0 fully saturated rings. The van der Waals surface area contributed by atoms with Crippen LogP contribution in [0.1, 0.15) is 31.8 Å². The molecule has 3 aromatic rings. The second-order valence-electron chi connectivity index (χ2n) is 7.02. The molecule has 1 aliphatic heterocycles. The zero-order valence-electron chi connectivity index (χ0n) is 16.3. The van der Waals surface area contributed by atoms with E-state index >= 15 is 0 Å². The highest BCUT2D eigenvalue weighted by molar-refractivity contribution is 6.03. The van der Waals surface area contributed by atoms with Gasteiger partial charge in [-0.15, -0.1) is 0 Å². The van der Waals surface area contributed by atoms with Crippen LogP contribution in [0.3, 0.4) is 0 Å². The summed E-state index contributed by atoms with van der Waals surface area (Å²) in [4.78, 5) is 23.8. The van der Waals surface area contributed by atoms with Crippen molar-refractivity contribution in [2.45, 2.75) is 13.8 Å². The van der Waals surface area contributed by atoms with Gasteiger partial charge in [-0.3, -0.25) is 4.79 Å². The predicted molar refractivity (Wildman–Crippen MR) is 112 cm³/mol. The first kappa shape index (κ1) is 18.6. The van der Waals surface area contributed by atoms with Crippen LogP contribution < -0.4 is 15.4 Å². The number of amides is 1. The molecule has 0 saturated carbocycles. The lowest BCUT2D eigenvalue weighted by Crippen LogP contribution is -2.19. The fourth-order valence-electron chi connectivity index (χ4n) is 3.33. The number of hydrogen-bond donors (Lipinski definition) is 3. The summed E-state index contributed by atoms with van der Waals surface area (Å²) < 4.78 is 6.01. The van der Waals surface area contributed by atoms with E-state index in [4.69, 9.17) is 4.74 Å². The average molecular weight is 388 g/mol. The minimum absolute atomic E-state index is 0.0232. The number of carbonyl (C=O) groups is 2. The maximum atomic E-state index is 12.0. The van der Waals surface area contributed by atoms with Crippen molar-refractivity contribution in [2.75, 3.05) is 12.4 Å². The molecule has 1 aliphatic rings. The van der Waals surface area contributed by atoms with Crippen LogP contribution in [-0.2, 0) is 0 Å². The van der Waals surface area contributed by atoms with Crippen molar-refractivity contribution in [1.82, 2.24) is 5.32 Å². The fraction of sp³-hybridized carbons (Fsp3) is 0.130. The summed E-state index contributed by atoms with van der Waals surface area (Å²) in [7, 11) is 1.49. The number of aryl methyl sites for hydroxylation is 2. The van der Waals surface area contributed by atoms with E-state index in [-0.39, 0.29) is 17.0 Å². The number of rotatable bonds is 3.